The second-order valence-corrected chi connectivity index (χ2v) is 4.14. The third-order valence-electron chi connectivity index (χ3n) is 3.02. The van der Waals surface area contributed by atoms with Gasteiger partial charge < -0.3 is 5.73 Å². The smallest absolute Gasteiger partial charge is 0.146 e. The number of rotatable bonds is 3. The van der Waals surface area contributed by atoms with Gasteiger partial charge >= 0.3 is 0 Å². The minimum Gasteiger partial charge on any atom is -0.382 e. The van der Waals surface area contributed by atoms with Crippen molar-refractivity contribution in [3.8, 4) is 0 Å². The molecule has 1 heterocycles. The molecule has 1 fully saturated rings. The topological polar surface area (TPSA) is 51.8 Å². The monoisotopic (exact) mass is 191 g/mol. The Morgan fingerprint density at radius 3 is 2.64 bits per heavy atom. The summed E-state index contributed by atoms with van der Waals surface area (Å²) in [6.07, 6.45) is 7.96. The van der Waals surface area contributed by atoms with Gasteiger partial charge in [0.25, 0.3) is 0 Å². The predicted molar refractivity (Wildman–Crippen MR) is 56.7 cm³/mol. The molecule has 1 saturated carbocycles. The minimum atomic E-state index is 0.509. The highest BCUT2D eigenvalue weighted by Gasteiger charge is 2.14. The first-order valence-electron chi connectivity index (χ1n) is 5.42. The maximum atomic E-state index is 5.47. The van der Waals surface area contributed by atoms with Crippen LogP contribution >= 0.6 is 0 Å². The molecule has 1 aliphatic rings. The molecule has 0 aromatic carbocycles. The second kappa shape index (κ2) is 4.40. The fourth-order valence-electron chi connectivity index (χ4n) is 2.15. The first kappa shape index (κ1) is 9.44. The van der Waals surface area contributed by atoms with Crippen LogP contribution in [0.25, 0.3) is 0 Å². The molecule has 0 bridgehead atoms. The normalized spacial score (nSPS) is 17.4. The maximum absolute atomic E-state index is 5.47. The van der Waals surface area contributed by atoms with E-state index < -0.39 is 0 Å². The molecule has 1 aliphatic carbocycles. The van der Waals surface area contributed by atoms with Crippen molar-refractivity contribution >= 4 is 5.82 Å². The number of hydrogen-bond acceptors (Lipinski definition) is 3. The van der Waals surface area contributed by atoms with E-state index in [1.807, 2.05) is 12.1 Å². The van der Waals surface area contributed by atoms with E-state index in [-0.39, 0.29) is 0 Å². The Labute approximate surface area is 84.7 Å². The maximum Gasteiger partial charge on any atom is 0.146 e. The number of nitrogens with two attached hydrogens (primary N) is 1. The van der Waals surface area contributed by atoms with E-state index in [1.54, 1.807) is 0 Å². The highest BCUT2D eigenvalue weighted by Crippen LogP contribution is 2.28. The molecule has 3 nitrogen and oxygen atoms in total. The standard InChI is InChI=1S/C11H17N3/c12-11-8-7-10(13-14-11)6-5-9-3-1-2-4-9/h7-9H,1-6H2,(H2,12,14). The van der Waals surface area contributed by atoms with Crippen LogP contribution in [0.2, 0.25) is 0 Å². The predicted octanol–water partition coefficient (Wildman–Crippen LogP) is 2.18. The quantitative estimate of drug-likeness (QED) is 0.796. The molecule has 1 aromatic heterocycles. The summed E-state index contributed by atoms with van der Waals surface area (Å²) in [5.74, 6) is 1.43. The van der Waals surface area contributed by atoms with E-state index in [1.165, 1.54) is 32.1 Å². The number of hydrogen-bond donors (Lipinski definition) is 1. The molecule has 0 unspecified atom stereocenters. The van der Waals surface area contributed by atoms with E-state index in [4.69, 9.17) is 5.73 Å². The second-order valence-electron chi connectivity index (χ2n) is 4.14. The van der Waals surface area contributed by atoms with Crippen LogP contribution in [0.3, 0.4) is 0 Å². The molecule has 2 N–H and O–H groups in total. The minimum absolute atomic E-state index is 0.509. The number of nitrogen functional groups attached to an aromatic ring is 1. The van der Waals surface area contributed by atoms with Crippen molar-refractivity contribution in [3.05, 3.63) is 17.8 Å². The van der Waals surface area contributed by atoms with Gasteiger partial charge in [-0.3, -0.25) is 0 Å². The fraction of sp³-hybridized carbons (Fsp3) is 0.636. The van der Waals surface area contributed by atoms with E-state index in [9.17, 15) is 0 Å². The van der Waals surface area contributed by atoms with Crippen molar-refractivity contribution in [3.63, 3.8) is 0 Å². The van der Waals surface area contributed by atoms with Gasteiger partial charge in [0.15, 0.2) is 0 Å². The van der Waals surface area contributed by atoms with Crippen LogP contribution in [-0.2, 0) is 6.42 Å². The Bertz CT molecular complexity index is 275. The molecule has 1 aromatic rings. The third-order valence-corrected chi connectivity index (χ3v) is 3.02. The molecular weight excluding hydrogens is 174 g/mol. The molecule has 0 radical (unpaired) electrons. The fourth-order valence-corrected chi connectivity index (χ4v) is 2.15. The number of nitrogens with zero attached hydrogens (tertiary/aromatic N) is 2. The van der Waals surface area contributed by atoms with E-state index in [0.29, 0.717) is 5.82 Å². The summed E-state index contributed by atoms with van der Waals surface area (Å²) >= 11 is 0. The Hall–Kier alpha value is -1.12. The van der Waals surface area contributed by atoms with Crippen molar-refractivity contribution in [2.75, 3.05) is 5.73 Å². The lowest BCUT2D eigenvalue weighted by Gasteiger charge is -2.07. The highest BCUT2D eigenvalue weighted by molar-refractivity contribution is 5.25. The molecule has 76 valence electrons. The van der Waals surface area contributed by atoms with E-state index >= 15 is 0 Å². The molecule has 14 heavy (non-hydrogen) atoms. The summed E-state index contributed by atoms with van der Waals surface area (Å²) in [6, 6.07) is 3.81. The van der Waals surface area contributed by atoms with Gasteiger partial charge in [0.1, 0.15) is 5.82 Å². The van der Waals surface area contributed by atoms with Gasteiger partial charge in [0.05, 0.1) is 5.69 Å². The van der Waals surface area contributed by atoms with Crippen LogP contribution in [-0.4, -0.2) is 10.2 Å². The van der Waals surface area contributed by atoms with Gasteiger partial charge in [-0.2, -0.15) is 5.10 Å². The average molecular weight is 191 g/mol. The van der Waals surface area contributed by atoms with Gasteiger partial charge in [0, 0.05) is 0 Å². The van der Waals surface area contributed by atoms with Gasteiger partial charge in [-0.1, -0.05) is 25.7 Å². The third kappa shape index (κ3) is 2.44. The summed E-state index contributed by atoms with van der Waals surface area (Å²) in [5.41, 5.74) is 6.55. The lowest BCUT2D eigenvalue weighted by molar-refractivity contribution is 0.499. The summed E-state index contributed by atoms with van der Waals surface area (Å²) < 4.78 is 0. The Balaban J connectivity index is 1.82. The molecular formula is C11H17N3. The van der Waals surface area contributed by atoms with Crippen LogP contribution < -0.4 is 5.73 Å². The average Bonchev–Trinajstić information content (AvgIpc) is 2.70. The lowest BCUT2D eigenvalue weighted by atomic mass is 10.0. The molecule has 0 aliphatic heterocycles. The zero-order valence-electron chi connectivity index (χ0n) is 8.45. The van der Waals surface area contributed by atoms with Crippen LogP contribution in [0.5, 0.6) is 0 Å². The van der Waals surface area contributed by atoms with Crippen molar-refractivity contribution in [2.45, 2.75) is 38.5 Å². The first-order chi connectivity index (χ1) is 6.84. The van der Waals surface area contributed by atoms with Crippen LogP contribution in [0.15, 0.2) is 12.1 Å². The van der Waals surface area contributed by atoms with Crippen molar-refractivity contribution in [1.82, 2.24) is 10.2 Å². The Morgan fingerprint density at radius 1 is 1.21 bits per heavy atom. The molecule has 0 saturated heterocycles. The molecule has 2 rings (SSSR count). The van der Waals surface area contributed by atoms with Crippen molar-refractivity contribution < 1.29 is 0 Å². The molecule has 0 atom stereocenters. The molecule has 0 amide bonds. The summed E-state index contributed by atoms with van der Waals surface area (Å²) in [4.78, 5) is 0. The lowest BCUT2D eigenvalue weighted by Crippen LogP contribution is -2.00. The SMILES string of the molecule is Nc1ccc(CCC2CCCC2)nn1. The number of aromatic nitrogens is 2. The van der Waals surface area contributed by atoms with Crippen LogP contribution in [0.4, 0.5) is 5.82 Å². The summed E-state index contributed by atoms with van der Waals surface area (Å²) in [6.45, 7) is 0. The zero-order valence-corrected chi connectivity index (χ0v) is 8.45. The Morgan fingerprint density at radius 2 is 2.00 bits per heavy atom. The zero-order chi connectivity index (χ0) is 9.80. The first-order valence-corrected chi connectivity index (χ1v) is 5.42. The molecule has 0 spiro atoms. The largest absolute Gasteiger partial charge is 0.382 e. The number of aryl methyl sites for hydroxylation is 1. The number of anilines is 1. The van der Waals surface area contributed by atoms with E-state index in [0.717, 1.165) is 18.0 Å². The summed E-state index contributed by atoms with van der Waals surface area (Å²) in [7, 11) is 0. The summed E-state index contributed by atoms with van der Waals surface area (Å²) in [5, 5.41) is 7.92. The van der Waals surface area contributed by atoms with Crippen molar-refractivity contribution in [2.24, 2.45) is 5.92 Å². The Kier molecular flexibility index (Phi) is 2.96. The van der Waals surface area contributed by atoms with Crippen LogP contribution in [0, 0.1) is 5.92 Å². The van der Waals surface area contributed by atoms with Gasteiger partial charge in [-0.25, -0.2) is 0 Å². The molecule has 3 heteroatoms. The van der Waals surface area contributed by atoms with E-state index in [2.05, 4.69) is 10.2 Å². The highest BCUT2D eigenvalue weighted by atomic mass is 15.1. The van der Waals surface area contributed by atoms with Crippen molar-refractivity contribution in [1.29, 1.82) is 0 Å². The van der Waals surface area contributed by atoms with Gasteiger partial charge in [-0.05, 0) is 30.9 Å². The van der Waals surface area contributed by atoms with Crippen LogP contribution in [0.1, 0.15) is 37.8 Å². The van der Waals surface area contributed by atoms with Gasteiger partial charge in [-0.15, -0.1) is 5.10 Å². The van der Waals surface area contributed by atoms with Gasteiger partial charge in [0.2, 0.25) is 0 Å².